The third kappa shape index (κ3) is 4.96. The number of amides is 1. The Balaban J connectivity index is 1.48. The molecule has 1 aliphatic rings. The zero-order valence-electron chi connectivity index (χ0n) is 19.8. The van der Waals surface area contributed by atoms with E-state index in [1.54, 1.807) is 13.2 Å². The van der Waals surface area contributed by atoms with Gasteiger partial charge in [0.15, 0.2) is 0 Å². The molecule has 1 saturated heterocycles. The lowest BCUT2D eigenvalue weighted by molar-refractivity contribution is 0.0712. The summed E-state index contributed by atoms with van der Waals surface area (Å²) in [6.45, 7) is 3.50. The summed E-state index contributed by atoms with van der Waals surface area (Å²) in [7, 11) is -0.544. The summed E-state index contributed by atoms with van der Waals surface area (Å²) in [5, 5.41) is 1.15. The predicted molar refractivity (Wildman–Crippen MR) is 131 cm³/mol. The third-order valence-electron chi connectivity index (χ3n) is 6.49. The summed E-state index contributed by atoms with van der Waals surface area (Å²) >= 11 is 0. The largest absolute Gasteiger partial charge is 0.497 e. The second kappa shape index (κ2) is 10.2. The molecule has 1 aliphatic heterocycles. The minimum atomic E-state index is -3.72. The first-order valence-electron chi connectivity index (χ1n) is 11.4. The Bertz CT molecular complexity index is 1280. The predicted octanol–water partition coefficient (Wildman–Crippen LogP) is 3.43. The number of ether oxygens (including phenoxy) is 2. The third-order valence-corrected chi connectivity index (χ3v) is 7.95. The number of fused-ring (bicyclic) bond motifs is 1. The highest BCUT2D eigenvalue weighted by Crippen LogP contribution is 2.35. The number of nitrogens with one attached hydrogen (secondary N) is 2. The molecular formula is C25H31N3O5S. The van der Waals surface area contributed by atoms with Crippen LogP contribution in [0.1, 0.15) is 40.2 Å². The highest BCUT2D eigenvalue weighted by atomic mass is 32.2. The van der Waals surface area contributed by atoms with Gasteiger partial charge in [-0.25, -0.2) is 13.1 Å². The number of carbonyl (C=O) groups excluding carboxylic acids is 1. The maximum Gasteiger partial charge on any atom is 0.254 e. The molecule has 1 amide bonds. The van der Waals surface area contributed by atoms with Crippen molar-refractivity contribution in [3.8, 4) is 5.75 Å². The van der Waals surface area contributed by atoms with Crippen molar-refractivity contribution in [1.29, 1.82) is 0 Å². The number of aromatic amines is 1. The van der Waals surface area contributed by atoms with Crippen LogP contribution < -0.4 is 9.46 Å². The Hall–Kier alpha value is -2.88. The molecule has 0 radical (unpaired) electrons. The summed E-state index contributed by atoms with van der Waals surface area (Å²) in [4.78, 5) is 18.6. The van der Waals surface area contributed by atoms with E-state index in [0.29, 0.717) is 24.6 Å². The van der Waals surface area contributed by atoms with Gasteiger partial charge in [0.2, 0.25) is 10.0 Å². The number of sulfonamides is 1. The van der Waals surface area contributed by atoms with E-state index in [4.69, 9.17) is 9.47 Å². The molecule has 2 aromatic carbocycles. The number of nitrogens with zero attached hydrogens (tertiary/aromatic N) is 1. The number of methoxy groups -OCH3 is 2. The van der Waals surface area contributed by atoms with Crippen LogP contribution in [-0.4, -0.2) is 64.7 Å². The van der Waals surface area contributed by atoms with Crippen LogP contribution in [-0.2, 0) is 14.8 Å². The van der Waals surface area contributed by atoms with Gasteiger partial charge in [-0.05, 0) is 67.1 Å². The standard InChI is InChI=1S/C25H31N3O5S/c1-17-4-6-20(34(30,31)27-10-13-32-2)15-21(17)25(29)28-11-8-18(9-12-28)23-16-26-24-7-5-19(33-3)14-22(23)24/h4-7,14-16,18,26-27H,8-13H2,1-3H3. The van der Waals surface area contributed by atoms with Gasteiger partial charge >= 0.3 is 0 Å². The first-order chi connectivity index (χ1) is 16.3. The first kappa shape index (κ1) is 24.3. The molecule has 3 aromatic rings. The molecule has 0 spiro atoms. The van der Waals surface area contributed by atoms with E-state index in [1.807, 2.05) is 24.0 Å². The lowest BCUT2D eigenvalue weighted by Gasteiger charge is -2.32. The molecule has 4 rings (SSSR count). The fourth-order valence-corrected chi connectivity index (χ4v) is 5.55. The number of piperidine rings is 1. The van der Waals surface area contributed by atoms with E-state index in [2.05, 4.69) is 22.0 Å². The molecule has 2 heterocycles. The number of hydrogen-bond acceptors (Lipinski definition) is 5. The maximum absolute atomic E-state index is 13.3. The molecule has 34 heavy (non-hydrogen) atoms. The monoisotopic (exact) mass is 485 g/mol. The van der Waals surface area contributed by atoms with E-state index < -0.39 is 10.0 Å². The van der Waals surface area contributed by atoms with Crippen LogP contribution in [0.4, 0.5) is 0 Å². The number of hydrogen-bond donors (Lipinski definition) is 2. The molecule has 0 unspecified atom stereocenters. The molecule has 0 aliphatic carbocycles. The van der Waals surface area contributed by atoms with Crippen LogP contribution in [0, 0.1) is 6.92 Å². The topological polar surface area (TPSA) is 101 Å². The van der Waals surface area contributed by atoms with Gasteiger partial charge in [-0.1, -0.05) is 6.07 Å². The Morgan fingerprint density at radius 3 is 2.62 bits per heavy atom. The van der Waals surface area contributed by atoms with Crippen molar-refractivity contribution in [2.75, 3.05) is 40.5 Å². The summed E-state index contributed by atoms with van der Waals surface area (Å²) in [6, 6.07) is 10.7. The Morgan fingerprint density at radius 2 is 1.91 bits per heavy atom. The second-order valence-electron chi connectivity index (χ2n) is 8.59. The average molecular weight is 486 g/mol. The molecular weight excluding hydrogens is 454 g/mol. The lowest BCUT2D eigenvalue weighted by atomic mass is 9.89. The van der Waals surface area contributed by atoms with Gasteiger partial charge in [0.25, 0.3) is 5.91 Å². The van der Waals surface area contributed by atoms with Gasteiger partial charge in [0.05, 0.1) is 18.6 Å². The van der Waals surface area contributed by atoms with Crippen LogP contribution in [0.2, 0.25) is 0 Å². The zero-order valence-corrected chi connectivity index (χ0v) is 20.6. The maximum atomic E-state index is 13.3. The molecule has 1 fully saturated rings. The van der Waals surface area contributed by atoms with Gasteiger partial charge in [-0.3, -0.25) is 4.79 Å². The van der Waals surface area contributed by atoms with E-state index in [1.165, 1.54) is 24.8 Å². The van der Waals surface area contributed by atoms with Crippen LogP contribution in [0.3, 0.4) is 0 Å². The second-order valence-corrected chi connectivity index (χ2v) is 10.4. The zero-order chi connectivity index (χ0) is 24.3. The van der Waals surface area contributed by atoms with Crippen molar-refractivity contribution >= 4 is 26.8 Å². The summed E-state index contributed by atoms with van der Waals surface area (Å²) in [5.74, 6) is 1.02. The summed E-state index contributed by atoms with van der Waals surface area (Å²) < 4.78 is 38.0. The molecule has 0 bridgehead atoms. The quantitative estimate of drug-likeness (QED) is 0.476. The molecule has 1 aromatic heterocycles. The van der Waals surface area contributed by atoms with Crippen molar-refractivity contribution in [2.45, 2.75) is 30.6 Å². The number of aryl methyl sites for hydroxylation is 1. The van der Waals surface area contributed by atoms with Crippen LogP contribution in [0.5, 0.6) is 5.75 Å². The van der Waals surface area contributed by atoms with Gasteiger partial charge in [-0.15, -0.1) is 0 Å². The number of likely N-dealkylation sites (tertiary alicyclic amines) is 1. The Kier molecular flexibility index (Phi) is 7.25. The molecule has 8 nitrogen and oxygen atoms in total. The van der Waals surface area contributed by atoms with Crippen molar-refractivity contribution < 1.29 is 22.7 Å². The number of carbonyl (C=O) groups is 1. The average Bonchev–Trinajstić information content (AvgIpc) is 3.27. The van der Waals surface area contributed by atoms with Crippen molar-refractivity contribution in [3.63, 3.8) is 0 Å². The minimum Gasteiger partial charge on any atom is -0.497 e. The fourth-order valence-electron chi connectivity index (χ4n) is 4.51. The normalized spacial score (nSPS) is 15.1. The van der Waals surface area contributed by atoms with Crippen LogP contribution >= 0.6 is 0 Å². The molecule has 0 atom stereocenters. The lowest BCUT2D eigenvalue weighted by Crippen LogP contribution is -2.38. The van der Waals surface area contributed by atoms with Gasteiger partial charge in [-0.2, -0.15) is 0 Å². The summed E-state index contributed by atoms with van der Waals surface area (Å²) in [5.41, 5.74) is 3.49. The SMILES string of the molecule is COCCNS(=O)(=O)c1ccc(C)c(C(=O)N2CCC(c3c[nH]c4ccc(OC)cc34)CC2)c1. The van der Waals surface area contributed by atoms with E-state index >= 15 is 0 Å². The summed E-state index contributed by atoms with van der Waals surface area (Å²) in [6.07, 6.45) is 3.73. The Labute approximate surface area is 200 Å². The van der Waals surface area contributed by atoms with E-state index in [-0.39, 0.29) is 24.0 Å². The van der Waals surface area contributed by atoms with Crippen molar-refractivity contribution in [1.82, 2.24) is 14.6 Å². The Morgan fingerprint density at radius 1 is 1.15 bits per heavy atom. The number of benzene rings is 2. The molecule has 2 N–H and O–H groups in total. The van der Waals surface area contributed by atoms with Gasteiger partial charge in [0, 0.05) is 49.4 Å². The molecule has 0 saturated carbocycles. The highest BCUT2D eigenvalue weighted by molar-refractivity contribution is 7.89. The van der Waals surface area contributed by atoms with Gasteiger partial charge < -0.3 is 19.4 Å². The highest BCUT2D eigenvalue weighted by Gasteiger charge is 2.28. The molecule has 9 heteroatoms. The number of H-pyrrole nitrogens is 1. The smallest absolute Gasteiger partial charge is 0.254 e. The minimum absolute atomic E-state index is 0.0835. The molecule has 182 valence electrons. The fraction of sp³-hybridized carbons (Fsp3) is 0.400. The number of aromatic nitrogens is 1. The van der Waals surface area contributed by atoms with E-state index in [9.17, 15) is 13.2 Å². The van der Waals surface area contributed by atoms with E-state index in [0.717, 1.165) is 35.1 Å². The van der Waals surface area contributed by atoms with Crippen LogP contribution in [0.15, 0.2) is 47.5 Å². The van der Waals surface area contributed by atoms with Crippen LogP contribution in [0.25, 0.3) is 10.9 Å². The van der Waals surface area contributed by atoms with Gasteiger partial charge in [0.1, 0.15) is 5.75 Å². The first-order valence-corrected chi connectivity index (χ1v) is 12.9. The number of rotatable bonds is 8. The van der Waals surface area contributed by atoms with Crippen molar-refractivity contribution in [3.05, 3.63) is 59.3 Å². The van der Waals surface area contributed by atoms with Crippen molar-refractivity contribution in [2.24, 2.45) is 0 Å².